The molecule has 2 heterocycles. The lowest BCUT2D eigenvalue weighted by Crippen LogP contribution is -2.19. The second-order valence-electron chi connectivity index (χ2n) is 10.3. The predicted octanol–water partition coefficient (Wildman–Crippen LogP) is 7.99. The standard InChI is InChI=1S/C29H32FN3/c1-18(29-32-27-12-10-22(16-28(27)33-29)20-4-2-3-5-20)19-6-8-21(9-7-19)24-14-15-31-26-13-11-23(30)17-25(24)26/h10-21H,2-9H2,1H3,(H,32,33). The maximum absolute atomic E-state index is 13.9. The molecule has 0 bridgehead atoms. The van der Waals surface area contributed by atoms with Gasteiger partial charge in [-0.3, -0.25) is 4.98 Å². The highest BCUT2D eigenvalue weighted by Crippen LogP contribution is 2.43. The predicted molar refractivity (Wildman–Crippen MR) is 132 cm³/mol. The SMILES string of the molecule is CC(c1nc2ccc(C3CCCC3)cc2[nH]1)C1CCC(c2ccnc3ccc(F)cc23)CC1. The van der Waals surface area contributed by atoms with Gasteiger partial charge < -0.3 is 4.98 Å². The molecule has 2 aromatic heterocycles. The number of benzene rings is 2. The maximum Gasteiger partial charge on any atom is 0.123 e. The number of rotatable bonds is 4. The van der Waals surface area contributed by atoms with E-state index < -0.39 is 0 Å². The van der Waals surface area contributed by atoms with Crippen LogP contribution in [0.5, 0.6) is 0 Å². The summed E-state index contributed by atoms with van der Waals surface area (Å²) in [5.41, 5.74) is 5.92. The molecule has 2 aliphatic rings. The fourth-order valence-electron chi connectivity index (χ4n) is 6.42. The van der Waals surface area contributed by atoms with Crippen LogP contribution in [0.2, 0.25) is 0 Å². The van der Waals surface area contributed by atoms with Gasteiger partial charge >= 0.3 is 0 Å². The van der Waals surface area contributed by atoms with Crippen molar-refractivity contribution in [2.45, 2.75) is 76.0 Å². The third kappa shape index (κ3) is 3.94. The number of aromatic amines is 1. The fraction of sp³-hybridized carbons (Fsp3) is 0.448. The Morgan fingerprint density at radius 2 is 1.67 bits per heavy atom. The molecule has 2 saturated carbocycles. The Balaban J connectivity index is 1.18. The summed E-state index contributed by atoms with van der Waals surface area (Å²) in [6.07, 6.45) is 11.9. The Morgan fingerprint density at radius 3 is 2.48 bits per heavy atom. The van der Waals surface area contributed by atoms with Crippen molar-refractivity contribution in [2.24, 2.45) is 5.92 Å². The van der Waals surface area contributed by atoms with E-state index in [-0.39, 0.29) is 5.82 Å². The average Bonchev–Trinajstić information content (AvgIpc) is 3.53. The normalized spacial score (nSPS) is 22.8. The Morgan fingerprint density at radius 1 is 0.879 bits per heavy atom. The summed E-state index contributed by atoms with van der Waals surface area (Å²) >= 11 is 0. The molecular weight excluding hydrogens is 409 g/mol. The van der Waals surface area contributed by atoms with Crippen LogP contribution < -0.4 is 0 Å². The van der Waals surface area contributed by atoms with Gasteiger partial charge in [0.2, 0.25) is 0 Å². The number of H-pyrrole nitrogens is 1. The molecule has 0 amide bonds. The van der Waals surface area contributed by atoms with Gasteiger partial charge in [0.05, 0.1) is 16.6 Å². The van der Waals surface area contributed by atoms with Crippen LogP contribution in [0.15, 0.2) is 48.7 Å². The number of halogens is 1. The van der Waals surface area contributed by atoms with Crippen LogP contribution in [-0.4, -0.2) is 15.0 Å². The molecule has 6 rings (SSSR count). The van der Waals surface area contributed by atoms with Crippen LogP contribution >= 0.6 is 0 Å². The van der Waals surface area contributed by atoms with E-state index >= 15 is 0 Å². The average molecular weight is 442 g/mol. The van der Waals surface area contributed by atoms with Crippen molar-refractivity contribution >= 4 is 21.9 Å². The number of hydrogen-bond donors (Lipinski definition) is 1. The van der Waals surface area contributed by atoms with E-state index in [1.165, 1.54) is 61.2 Å². The minimum absolute atomic E-state index is 0.181. The Bertz CT molecular complexity index is 1280. The van der Waals surface area contributed by atoms with Gasteiger partial charge in [-0.2, -0.15) is 0 Å². The second-order valence-corrected chi connectivity index (χ2v) is 10.3. The highest BCUT2D eigenvalue weighted by molar-refractivity contribution is 5.82. The van der Waals surface area contributed by atoms with Crippen molar-refractivity contribution in [1.29, 1.82) is 0 Å². The van der Waals surface area contributed by atoms with E-state index in [9.17, 15) is 4.39 Å². The van der Waals surface area contributed by atoms with Crippen molar-refractivity contribution in [2.75, 3.05) is 0 Å². The number of imidazole rings is 1. The lowest BCUT2D eigenvalue weighted by Gasteiger charge is -2.32. The lowest BCUT2D eigenvalue weighted by atomic mass is 9.73. The topological polar surface area (TPSA) is 41.6 Å². The number of nitrogens with one attached hydrogen (secondary N) is 1. The van der Waals surface area contributed by atoms with E-state index in [0.717, 1.165) is 41.0 Å². The van der Waals surface area contributed by atoms with Gasteiger partial charge in [0, 0.05) is 17.5 Å². The lowest BCUT2D eigenvalue weighted by molar-refractivity contribution is 0.286. The van der Waals surface area contributed by atoms with E-state index in [1.54, 1.807) is 12.1 Å². The summed E-state index contributed by atoms with van der Waals surface area (Å²) in [5, 5.41) is 0.976. The van der Waals surface area contributed by atoms with Crippen LogP contribution in [0.3, 0.4) is 0 Å². The zero-order valence-corrected chi connectivity index (χ0v) is 19.4. The maximum atomic E-state index is 13.9. The third-order valence-corrected chi connectivity index (χ3v) is 8.44. The zero-order valence-electron chi connectivity index (χ0n) is 19.4. The van der Waals surface area contributed by atoms with Gasteiger partial charge in [-0.1, -0.05) is 25.8 Å². The van der Waals surface area contributed by atoms with Crippen LogP contribution in [0.25, 0.3) is 21.9 Å². The second kappa shape index (κ2) is 8.55. The molecule has 2 fully saturated rings. The van der Waals surface area contributed by atoms with E-state index in [4.69, 9.17) is 4.98 Å². The van der Waals surface area contributed by atoms with Gasteiger partial charge in [0.1, 0.15) is 11.6 Å². The largest absolute Gasteiger partial charge is 0.342 e. The first-order chi connectivity index (χ1) is 16.2. The van der Waals surface area contributed by atoms with E-state index in [0.29, 0.717) is 17.8 Å². The molecule has 0 radical (unpaired) electrons. The highest BCUT2D eigenvalue weighted by atomic mass is 19.1. The summed E-state index contributed by atoms with van der Waals surface area (Å²) in [6.45, 7) is 2.33. The quantitative estimate of drug-likeness (QED) is 0.349. The van der Waals surface area contributed by atoms with Gasteiger partial charge in [0.25, 0.3) is 0 Å². The molecule has 1 unspecified atom stereocenters. The van der Waals surface area contributed by atoms with E-state index in [1.807, 2.05) is 6.20 Å². The summed E-state index contributed by atoms with van der Waals surface area (Å²) in [6, 6.07) is 13.9. The monoisotopic (exact) mass is 441 g/mol. The number of aromatic nitrogens is 3. The van der Waals surface area contributed by atoms with Crippen LogP contribution in [0.1, 0.15) is 93.0 Å². The molecule has 1 atom stereocenters. The van der Waals surface area contributed by atoms with Gasteiger partial charge in [-0.05, 0) is 104 Å². The van der Waals surface area contributed by atoms with Crippen LogP contribution in [0, 0.1) is 11.7 Å². The third-order valence-electron chi connectivity index (χ3n) is 8.44. The van der Waals surface area contributed by atoms with Crippen molar-refractivity contribution in [3.8, 4) is 0 Å². The Labute approximate surface area is 194 Å². The van der Waals surface area contributed by atoms with Crippen molar-refractivity contribution in [3.05, 3.63) is 71.4 Å². The Hall–Kier alpha value is -2.75. The van der Waals surface area contributed by atoms with Crippen LogP contribution in [0.4, 0.5) is 4.39 Å². The summed E-state index contributed by atoms with van der Waals surface area (Å²) < 4.78 is 13.9. The molecule has 2 aromatic carbocycles. The Kier molecular flexibility index (Phi) is 5.40. The zero-order chi connectivity index (χ0) is 22.4. The summed E-state index contributed by atoms with van der Waals surface area (Å²) in [4.78, 5) is 13.1. The first-order valence-corrected chi connectivity index (χ1v) is 12.7. The highest BCUT2D eigenvalue weighted by Gasteiger charge is 2.29. The molecule has 4 heteroatoms. The van der Waals surface area contributed by atoms with Gasteiger partial charge in [-0.15, -0.1) is 0 Å². The van der Waals surface area contributed by atoms with E-state index in [2.05, 4.69) is 41.2 Å². The molecule has 4 aromatic rings. The van der Waals surface area contributed by atoms with Crippen molar-refractivity contribution in [1.82, 2.24) is 15.0 Å². The van der Waals surface area contributed by atoms with Crippen molar-refractivity contribution in [3.63, 3.8) is 0 Å². The smallest absolute Gasteiger partial charge is 0.123 e. The number of nitrogens with zero attached hydrogens (tertiary/aromatic N) is 2. The minimum Gasteiger partial charge on any atom is -0.342 e. The molecule has 3 nitrogen and oxygen atoms in total. The molecule has 0 aliphatic heterocycles. The minimum atomic E-state index is -0.181. The molecule has 33 heavy (non-hydrogen) atoms. The van der Waals surface area contributed by atoms with Gasteiger partial charge in [-0.25, -0.2) is 9.37 Å². The van der Waals surface area contributed by atoms with Crippen LogP contribution in [-0.2, 0) is 0 Å². The molecular formula is C29H32FN3. The number of fused-ring (bicyclic) bond motifs is 2. The summed E-state index contributed by atoms with van der Waals surface area (Å²) in [7, 11) is 0. The first kappa shape index (κ1) is 20.8. The number of hydrogen-bond acceptors (Lipinski definition) is 2. The molecule has 170 valence electrons. The van der Waals surface area contributed by atoms with Crippen molar-refractivity contribution < 1.29 is 4.39 Å². The molecule has 2 aliphatic carbocycles. The molecule has 1 N–H and O–H groups in total. The molecule has 0 spiro atoms. The summed E-state index contributed by atoms with van der Waals surface area (Å²) in [5.74, 6) is 3.20. The van der Waals surface area contributed by atoms with Gasteiger partial charge in [0.15, 0.2) is 0 Å². The fourth-order valence-corrected chi connectivity index (χ4v) is 6.42. The number of pyridine rings is 1. The molecule has 0 saturated heterocycles. The first-order valence-electron chi connectivity index (χ1n) is 12.7.